The normalized spacial score (nSPS) is 19.4. The minimum atomic E-state index is -0.758. The molecule has 2 aliphatic heterocycles. The van der Waals surface area contributed by atoms with Crippen LogP contribution >= 0.6 is 11.3 Å². The van der Waals surface area contributed by atoms with Crippen LogP contribution < -0.4 is 11.1 Å². The Kier molecular flexibility index (Phi) is 6.51. The van der Waals surface area contributed by atoms with Crippen LogP contribution in [0, 0.1) is 0 Å². The lowest BCUT2D eigenvalue weighted by atomic mass is 9.99. The maximum absolute atomic E-state index is 14.0. The zero-order valence-corrected chi connectivity index (χ0v) is 22.6. The third-order valence-electron chi connectivity index (χ3n) is 7.34. The molecule has 4 heterocycles. The van der Waals surface area contributed by atoms with Crippen molar-refractivity contribution in [2.24, 2.45) is 0 Å². The number of urea groups is 1. The predicted octanol–water partition coefficient (Wildman–Crippen LogP) is 0.669. The van der Waals surface area contributed by atoms with Crippen molar-refractivity contribution in [3.8, 4) is 11.4 Å². The molecule has 4 aromatic rings. The number of piperazine rings is 1. The molecule has 2 aliphatic rings. The summed E-state index contributed by atoms with van der Waals surface area (Å²) in [4.78, 5) is 47.7. The van der Waals surface area contributed by atoms with Crippen molar-refractivity contribution in [3.05, 3.63) is 53.6 Å². The second kappa shape index (κ2) is 10.2. The van der Waals surface area contributed by atoms with Crippen LogP contribution in [-0.4, -0.2) is 103 Å². The monoisotopic (exact) mass is 561 g/mol. The summed E-state index contributed by atoms with van der Waals surface area (Å²) in [6.45, 7) is 0.515. The highest BCUT2D eigenvalue weighted by Gasteiger charge is 2.51. The summed E-state index contributed by atoms with van der Waals surface area (Å²) in [5.74, 6) is 0.154. The van der Waals surface area contributed by atoms with Gasteiger partial charge in [0.1, 0.15) is 12.2 Å². The van der Waals surface area contributed by atoms with Gasteiger partial charge in [-0.3, -0.25) is 14.6 Å². The highest BCUT2D eigenvalue weighted by molar-refractivity contribution is 7.22. The number of para-hydroxylation sites is 1. The molecule has 2 saturated heterocycles. The first kappa shape index (κ1) is 25.6. The van der Waals surface area contributed by atoms with Crippen molar-refractivity contribution in [1.82, 2.24) is 50.7 Å². The Bertz CT molecular complexity index is 1570. The fraction of sp³-hybridized carbons (Fsp3) is 0.320. The van der Waals surface area contributed by atoms with E-state index in [0.717, 1.165) is 26.9 Å². The lowest BCUT2D eigenvalue weighted by molar-refractivity contribution is -0.157. The molecule has 0 saturated carbocycles. The van der Waals surface area contributed by atoms with E-state index in [1.807, 2.05) is 42.5 Å². The van der Waals surface area contributed by atoms with Crippen molar-refractivity contribution < 1.29 is 14.4 Å². The minimum absolute atomic E-state index is 0.0121. The van der Waals surface area contributed by atoms with E-state index in [2.05, 4.69) is 30.9 Å². The fourth-order valence-electron chi connectivity index (χ4n) is 5.39. The standard InChI is InChI=1S/C25H27N11O3S/c1-27-25(39)33(2)35-13-20(37)36-17(10-14-6-8-15(9-7-14)22-29-31-32-30-22)23(38)34(12-19(35)36)11-16-4-3-5-18-21(16)28-24(26)40-18/h3-9,17,19H,10-13H2,1-2H3,(H2,26,28)(H,27,39)(H,29,30,31,32)/t17-,19+/m0/s1. The molecule has 0 unspecified atom stereocenters. The molecule has 2 aromatic heterocycles. The molecule has 15 heteroatoms. The van der Waals surface area contributed by atoms with Gasteiger partial charge in [0.2, 0.25) is 11.8 Å². The number of H-pyrrole nitrogens is 1. The van der Waals surface area contributed by atoms with Gasteiger partial charge in [0.05, 0.1) is 23.3 Å². The first-order chi connectivity index (χ1) is 19.3. The number of hydrogen-bond donors (Lipinski definition) is 3. The maximum atomic E-state index is 14.0. The van der Waals surface area contributed by atoms with Crippen LogP contribution in [0.2, 0.25) is 0 Å². The van der Waals surface area contributed by atoms with Gasteiger partial charge in [0.15, 0.2) is 11.0 Å². The third kappa shape index (κ3) is 4.48. The molecule has 0 radical (unpaired) electrons. The zero-order chi connectivity index (χ0) is 28.0. The molecule has 2 aromatic carbocycles. The van der Waals surface area contributed by atoms with Crippen LogP contribution in [0.1, 0.15) is 11.1 Å². The number of tetrazole rings is 1. The summed E-state index contributed by atoms with van der Waals surface area (Å²) in [6.07, 6.45) is -0.213. The molecular weight excluding hydrogens is 534 g/mol. The smallest absolute Gasteiger partial charge is 0.331 e. The highest BCUT2D eigenvalue weighted by atomic mass is 32.1. The molecule has 2 fully saturated rings. The quantitative estimate of drug-likeness (QED) is 0.306. The number of thiazole rings is 1. The lowest BCUT2D eigenvalue weighted by Crippen LogP contribution is -2.65. The summed E-state index contributed by atoms with van der Waals surface area (Å²) in [5, 5.41) is 20.0. The Morgan fingerprint density at radius 3 is 2.75 bits per heavy atom. The topological polar surface area (TPSA) is 170 Å². The van der Waals surface area contributed by atoms with Crippen molar-refractivity contribution in [2.45, 2.75) is 25.2 Å². The number of nitrogen functional groups attached to an aromatic ring is 1. The maximum Gasteiger partial charge on any atom is 0.331 e. The second-order valence-electron chi connectivity index (χ2n) is 9.66. The van der Waals surface area contributed by atoms with Crippen LogP contribution in [0.5, 0.6) is 0 Å². The molecule has 6 rings (SSSR count). The molecule has 0 aliphatic carbocycles. The van der Waals surface area contributed by atoms with E-state index in [4.69, 9.17) is 5.73 Å². The number of hydrazine groups is 1. The zero-order valence-electron chi connectivity index (χ0n) is 21.8. The van der Waals surface area contributed by atoms with Gasteiger partial charge in [-0.25, -0.2) is 14.9 Å². The van der Waals surface area contributed by atoms with E-state index in [9.17, 15) is 14.4 Å². The van der Waals surface area contributed by atoms with Crippen molar-refractivity contribution in [1.29, 1.82) is 0 Å². The Labute approximate surface area is 232 Å². The molecule has 2 atom stereocenters. The number of benzene rings is 2. The van der Waals surface area contributed by atoms with Gasteiger partial charge in [-0.2, -0.15) is 5.01 Å². The van der Waals surface area contributed by atoms with E-state index < -0.39 is 12.2 Å². The minimum Gasteiger partial charge on any atom is -0.375 e. The second-order valence-corrected chi connectivity index (χ2v) is 10.7. The number of nitrogens with one attached hydrogen (secondary N) is 2. The van der Waals surface area contributed by atoms with Crippen LogP contribution in [0.25, 0.3) is 21.6 Å². The van der Waals surface area contributed by atoms with E-state index in [1.54, 1.807) is 21.9 Å². The van der Waals surface area contributed by atoms with Crippen molar-refractivity contribution in [3.63, 3.8) is 0 Å². The number of fused-ring (bicyclic) bond motifs is 2. The molecule has 4 amide bonds. The molecule has 14 nitrogen and oxygen atoms in total. The molecule has 0 bridgehead atoms. The Balaban J connectivity index is 1.33. The number of carbonyl (C=O) groups excluding carboxylic acids is 3. The lowest BCUT2D eigenvalue weighted by Gasteiger charge is -2.45. The number of carbonyl (C=O) groups is 3. The van der Waals surface area contributed by atoms with Gasteiger partial charge in [0.25, 0.3) is 0 Å². The molecule has 40 heavy (non-hydrogen) atoms. The van der Waals surface area contributed by atoms with Crippen molar-refractivity contribution in [2.75, 3.05) is 32.9 Å². The van der Waals surface area contributed by atoms with Crippen LogP contribution in [0.15, 0.2) is 42.5 Å². The summed E-state index contributed by atoms with van der Waals surface area (Å²) >= 11 is 1.39. The first-order valence-corrected chi connectivity index (χ1v) is 13.4. The van der Waals surface area contributed by atoms with Crippen LogP contribution in [-0.2, 0) is 22.6 Å². The summed E-state index contributed by atoms with van der Waals surface area (Å²) in [5.41, 5.74) is 9.27. The molecule has 206 valence electrons. The largest absolute Gasteiger partial charge is 0.375 e. The first-order valence-electron chi connectivity index (χ1n) is 12.6. The van der Waals surface area contributed by atoms with E-state index in [-0.39, 0.29) is 30.9 Å². The Morgan fingerprint density at radius 1 is 1.23 bits per heavy atom. The number of amides is 4. The molecular formula is C25H27N11O3S. The third-order valence-corrected chi connectivity index (χ3v) is 8.19. The average Bonchev–Trinajstić information content (AvgIpc) is 3.70. The number of hydrogen-bond acceptors (Lipinski definition) is 10. The van der Waals surface area contributed by atoms with Crippen LogP contribution in [0.3, 0.4) is 0 Å². The average molecular weight is 562 g/mol. The van der Waals surface area contributed by atoms with Gasteiger partial charge >= 0.3 is 6.03 Å². The molecule has 4 N–H and O–H groups in total. The molecule has 0 spiro atoms. The van der Waals surface area contributed by atoms with Crippen molar-refractivity contribution >= 4 is 44.5 Å². The number of rotatable bonds is 6. The fourth-order valence-corrected chi connectivity index (χ4v) is 6.17. The van der Waals surface area contributed by atoms with E-state index >= 15 is 0 Å². The van der Waals surface area contributed by atoms with E-state index in [0.29, 0.717) is 23.9 Å². The van der Waals surface area contributed by atoms with E-state index in [1.165, 1.54) is 23.4 Å². The summed E-state index contributed by atoms with van der Waals surface area (Å²) < 4.78 is 0.941. The number of aromatic nitrogens is 5. The summed E-state index contributed by atoms with van der Waals surface area (Å²) in [6, 6.07) is 12.2. The number of nitrogens with zero attached hydrogens (tertiary/aromatic N) is 8. The van der Waals surface area contributed by atoms with Gasteiger partial charge in [0, 0.05) is 32.6 Å². The van der Waals surface area contributed by atoms with Gasteiger partial charge in [-0.15, -0.1) is 5.10 Å². The number of aromatic amines is 1. The van der Waals surface area contributed by atoms with Gasteiger partial charge < -0.3 is 20.9 Å². The van der Waals surface area contributed by atoms with Gasteiger partial charge in [-0.1, -0.05) is 47.7 Å². The number of anilines is 1. The summed E-state index contributed by atoms with van der Waals surface area (Å²) in [7, 11) is 3.15. The Morgan fingerprint density at radius 2 is 2.02 bits per heavy atom. The van der Waals surface area contributed by atoms with Gasteiger partial charge in [-0.05, 0) is 27.6 Å². The predicted molar refractivity (Wildman–Crippen MR) is 146 cm³/mol. The number of nitrogens with two attached hydrogens (primary N) is 1. The Hall–Kier alpha value is -4.63. The highest BCUT2D eigenvalue weighted by Crippen LogP contribution is 2.32. The SMILES string of the molecule is CNC(=O)N(C)N1CC(=O)N2[C@@H](Cc3ccc(-c4nnn[nH]4)cc3)C(=O)N(Cc3cccc4sc(N)nc34)C[C@@H]21. The van der Waals surface area contributed by atoms with Crippen LogP contribution in [0.4, 0.5) is 9.93 Å².